The molecule has 0 unspecified atom stereocenters. The fourth-order valence-electron chi connectivity index (χ4n) is 3.88. The van der Waals surface area contributed by atoms with Gasteiger partial charge in [-0.15, -0.1) is 0 Å². The number of carbonyl (C=O) groups is 1. The largest absolute Gasteiger partial charge is 0.394 e. The summed E-state index contributed by atoms with van der Waals surface area (Å²) in [6, 6.07) is 5.11. The molecule has 144 valence electrons. The molecule has 3 N–H and O–H groups in total. The zero-order valence-corrected chi connectivity index (χ0v) is 15.2. The molecule has 1 atom stereocenters. The van der Waals surface area contributed by atoms with Gasteiger partial charge in [0.15, 0.2) is 0 Å². The molecule has 2 aromatic rings. The van der Waals surface area contributed by atoms with Crippen molar-refractivity contribution in [2.45, 2.75) is 44.6 Å². The number of nitro groups is 1. The van der Waals surface area contributed by atoms with Crippen molar-refractivity contribution >= 4 is 22.5 Å². The predicted octanol–water partition coefficient (Wildman–Crippen LogP) is 2.50. The molecule has 1 amide bonds. The maximum absolute atomic E-state index is 13.0. The number of hydrogen-bond donors (Lipinski definition) is 3. The molecule has 1 fully saturated rings. The Hall–Kier alpha value is -2.74. The standard InChI is InChI=1S/C19H23N3O5/c1-19(11-23,12-5-3-2-4-6-12)21-18(25)15-10-17(24)20-16-8-7-13(22(26)27)9-14(15)16/h7-10,12,23H,2-6,11H2,1H3,(H,20,24)(H,21,25)/t19-/m0/s1. The number of benzene rings is 1. The molecular weight excluding hydrogens is 350 g/mol. The second-order valence-corrected chi connectivity index (χ2v) is 7.40. The summed E-state index contributed by atoms with van der Waals surface area (Å²) in [5.74, 6) is -0.378. The van der Waals surface area contributed by atoms with E-state index in [2.05, 4.69) is 10.3 Å². The van der Waals surface area contributed by atoms with E-state index in [0.717, 1.165) is 38.2 Å². The van der Waals surface area contributed by atoms with Gasteiger partial charge in [-0.1, -0.05) is 19.3 Å². The fraction of sp³-hybridized carbons (Fsp3) is 0.474. The molecule has 0 bridgehead atoms. The van der Waals surface area contributed by atoms with E-state index in [4.69, 9.17) is 0 Å². The highest BCUT2D eigenvalue weighted by Crippen LogP contribution is 2.33. The van der Waals surface area contributed by atoms with Gasteiger partial charge in [0.05, 0.1) is 22.6 Å². The Morgan fingerprint density at radius 1 is 1.33 bits per heavy atom. The number of aromatic nitrogens is 1. The first-order valence-electron chi connectivity index (χ1n) is 9.09. The number of hydrogen-bond acceptors (Lipinski definition) is 5. The van der Waals surface area contributed by atoms with E-state index < -0.39 is 21.9 Å². The van der Waals surface area contributed by atoms with Gasteiger partial charge < -0.3 is 15.4 Å². The lowest BCUT2D eigenvalue weighted by atomic mass is 9.76. The van der Waals surface area contributed by atoms with Gasteiger partial charge in [-0.3, -0.25) is 19.7 Å². The molecule has 8 heteroatoms. The highest BCUT2D eigenvalue weighted by molar-refractivity contribution is 6.06. The van der Waals surface area contributed by atoms with E-state index >= 15 is 0 Å². The number of amides is 1. The number of aliphatic hydroxyl groups excluding tert-OH is 1. The molecule has 1 heterocycles. The van der Waals surface area contributed by atoms with Crippen LogP contribution in [0.3, 0.4) is 0 Å². The number of rotatable bonds is 5. The Balaban J connectivity index is 2.00. The summed E-state index contributed by atoms with van der Waals surface area (Å²) in [5, 5.41) is 24.2. The highest BCUT2D eigenvalue weighted by atomic mass is 16.6. The van der Waals surface area contributed by atoms with Crippen molar-refractivity contribution in [3.63, 3.8) is 0 Å². The smallest absolute Gasteiger partial charge is 0.270 e. The van der Waals surface area contributed by atoms with Gasteiger partial charge in [-0.2, -0.15) is 0 Å². The molecule has 1 aromatic heterocycles. The Morgan fingerprint density at radius 2 is 2.04 bits per heavy atom. The SMILES string of the molecule is C[C@@](CO)(NC(=O)c1cc(=O)[nH]c2ccc([N+](=O)[O-])cc12)C1CCCCC1. The Labute approximate surface area is 155 Å². The molecule has 0 saturated heterocycles. The monoisotopic (exact) mass is 373 g/mol. The topological polar surface area (TPSA) is 125 Å². The summed E-state index contributed by atoms with van der Waals surface area (Å²) >= 11 is 0. The predicted molar refractivity (Wildman–Crippen MR) is 101 cm³/mol. The number of carbonyl (C=O) groups excluding carboxylic acids is 1. The van der Waals surface area contributed by atoms with E-state index in [9.17, 15) is 24.8 Å². The van der Waals surface area contributed by atoms with Crippen LogP contribution in [0.15, 0.2) is 29.1 Å². The van der Waals surface area contributed by atoms with Crippen molar-refractivity contribution in [3.8, 4) is 0 Å². The molecule has 1 aromatic carbocycles. The number of H-pyrrole nitrogens is 1. The highest BCUT2D eigenvalue weighted by Gasteiger charge is 2.36. The number of nitrogens with zero attached hydrogens (tertiary/aromatic N) is 1. The fourth-order valence-corrected chi connectivity index (χ4v) is 3.88. The molecule has 27 heavy (non-hydrogen) atoms. The second kappa shape index (κ2) is 7.48. The minimum Gasteiger partial charge on any atom is -0.394 e. The van der Waals surface area contributed by atoms with E-state index in [1.165, 1.54) is 18.2 Å². The van der Waals surface area contributed by atoms with E-state index in [1.54, 1.807) is 6.92 Å². The molecular formula is C19H23N3O5. The number of nitro benzene ring substituents is 1. The quantitative estimate of drug-likeness (QED) is 0.548. The zero-order valence-electron chi connectivity index (χ0n) is 15.2. The molecule has 8 nitrogen and oxygen atoms in total. The average molecular weight is 373 g/mol. The van der Waals surface area contributed by atoms with Gasteiger partial charge in [0, 0.05) is 29.1 Å². The maximum Gasteiger partial charge on any atom is 0.270 e. The third-order valence-electron chi connectivity index (χ3n) is 5.52. The molecule has 0 aliphatic heterocycles. The van der Waals surface area contributed by atoms with Crippen LogP contribution in [0.1, 0.15) is 49.4 Å². The molecule has 3 rings (SSSR count). The van der Waals surface area contributed by atoms with Crippen LogP contribution < -0.4 is 10.9 Å². The first-order chi connectivity index (χ1) is 12.8. The molecule has 1 aliphatic carbocycles. The van der Waals surface area contributed by atoms with Crippen LogP contribution in [0.2, 0.25) is 0 Å². The third-order valence-corrected chi connectivity index (χ3v) is 5.52. The maximum atomic E-state index is 13.0. The zero-order chi connectivity index (χ0) is 19.6. The van der Waals surface area contributed by atoms with Crippen molar-refractivity contribution in [1.82, 2.24) is 10.3 Å². The first kappa shape index (κ1) is 19.0. The molecule has 1 aliphatic rings. The van der Waals surface area contributed by atoms with E-state index in [1.807, 2.05) is 0 Å². The lowest BCUT2D eigenvalue weighted by molar-refractivity contribution is -0.384. The normalized spacial score (nSPS) is 17.4. The number of fused-ring (bicyclic) bond motifs is 1. The van der Waals surface area contributed by atoms with Crippen molar-refractivity contribution < 1.29 is 14.8 Å². The summed E-state index contributed by atoms with van der Waals surface area (Å²) in [7, 11) is 0. The summed E-state index contributed by atoms with van der Waals surface area (Å²) < 4.78 is 0. The number of nitrogens with one attached hydrogen (secondary N) is 2. The Bertz CT molecular complexity index is 933. The van der Waals surface area contributed by atoms with Gasteiger partial charge >= 0.3 is 0 Å². The van der Waals surface area contributed by atoms with E-state index in [-0.39, 0.29) is 23.8 Å². The van der Waals surface area contributed by atoms with Crippen molar-refractivity contribution in [2.24, 2.45) is 5.92 Å². The summed E-state index contributed by atoms with van der Waals surface area (Å²) in [4.78, 5) is 38.0. The molecule has 0 radical (unpaired) electrons. The van der Waals surface area contributed by atoms with Gasteiger partial charge in [0.1, 0.15) is 0 Å². The van der Waals surface area contributed by atoms with Crippen molar-refractivity contribution in [3.05, 3.63) is 50.3 Å². The van der Waals surface area contributed by atoms with E-state index in [0.29, 0.717) is 10.9 Å². The molecule has 1 saturated carbocycles. The number of non-ortho nitro benzene ring substituents is 1. The van der Waals surface area contributed by atoms with Crippen LogP contribution in [0.25, 0.3) is 10.9 Å². The van der Waals surface area contributed by atoms with Crippen LogP contribution in [0.5, 0.6) is 0 Å². The van der Waals surface area contributed by atoms with Crippen LogP contribution in [-0.4, -0.2) is 33.1 Å². The van der Waals surface area contributed by atoms with Crippen LogP contribution in [0.4, 0.5) is 5.69 Å². The van der Waals surface area contributed by atoms with Crippen LogP contribution >= 0.6 is 0 Å². The molecule has 0 spiro atoms. The summed E-state index contributed by atoms with van der Waals surface area (Å²) in [6.07, 6.45) is 5.08. The van der Waals surface area contributed by atoms with Crippen LogP contribution in [0, 0.1) is 16.0 Å². The average Bonchev–Trinajstić information content (AvgIpc) is 2.67. The lowest BCUT2D eigenvalue weighted by Gasteiger charge is -2.39. The first-order valence-corrected chi connectivity index (χ1v) is 9.09. The lowest BCUT2D eigenvalue weighted by Crippen LogP contribution is -2.54. The van der Waals surface area contributed by atoms with Gasteiger partial charge in [0.2, 0.25) is 5.56 Å². The second-order valence-electron chi connectivity index (χ2n) is 7.40. The van der Waals surface area contributed by atoms with Crippen molar-refractivity contribution in [1.29, 1.82) is 0 Å². The third kappa shape index (κ3) is 3.85. The Morgan fingerprint density at radius 3 is 2.67 bits per heavy atom. The minimum atomic E-state index is -0.812. The summed E-state index contributed by atoms with van der Waals surface area (Å²) in [5.41, 5.74) is -1.03. The number of aliphatic hydroxyl groups is 1. The van der Waals surface area contributed by atoms with Gasteiger partial charge in [-0.05, 0) is 31.7 Å². The van der Waals surface area contributed by atoms with Gasteiger partial charge in [0.25, 0.3) is 11.6 Å². The van der Waals surface area contributed by atoms with Gasteiger partial charge in [-0.25, -0.2) is 0 Å². The number of pyridine rings is 1. The minimum absolute atomic E-state index is 0.0629. The Kier molecular flexibility index (Phi) is 5.27. The summed E-state index contributed by atoms with van der Waals surface area (Å²) in [6.45, 7) is 1.59. The van der Waals surface area contributed by atoms with Crippen molar-refractivity contribution in [2.75, 3.05) is 6.61 Å². The van der Waals surface area contributed by atoms with Crippen LogP contribution in [-0.2, 0) is 0 Å². The number of aromatic amines is 1.